The fourth-order valence-corrected chi connectivity index (χ4v) is 6.68. The van der Waals surface area contributed by atoms with Gasteiger partial charge in [0.05, 0.1) is 0 Å². The molecule has 5 heteroatoms. The Bertz CT molecular complexity index is 505. The monoisotopic (exact) mass is 508 g/mol. The van der Waals surface area contributed by atoms with E-state index in [9.17, 15) is 0 Å². The summed E-state index contributed by atoms with van der Waals surface area (Å²) in [5.74, 6) is 3.68. The van der Waals surface area contributed by atoms with Crippen LogP contribution in [0.4, 0.5) is 0 Å². The van der Waals surface area contributed by atoms with Crippen LogP contribution >= 0.6 is 0 Å². The highest BCUT2D eigenvalue weighted by Gasteiger charge is 2.29. The van der Waals surface area contributed by atoms with Gasteiger partial charge in [-0.15, -0.1) is 0 Å². The van der Waals surface area contributed by atoms with Gasteiger partial charge in [0.1, 0.15) is 0 Å². The second kappa shape index (κ2) is 19.0. The molecule has 2 atom stereocenters. The third-order valence-electron chi connectivity index (χ3n) is 8.94. The highest BCUT2D eigenvalue weighted by Crippen LogP contribution is 2.26. The van der Waals surface area contributed by atoms with E-state index in [0.29, 0.717) is 0 Å². The molecule has 0 radical (unpaired) electrons. The summed E-state index contributed by atoms with van der Waals surface area (Å²) in [5.41, 5.74) is 0. The Morgan fingerprint density at radius 3 is 1.47 bits per heavy atom. The number of nitrogens with zero attached hydrogens (tertiary/aromatic N) is 4. The summed E-state index contributed by atoms with van der Waals surface area (Å²) in [6.45, 7) is 31.4. The lowest BCUT2D eigenvalue weighted by Gasteiger charge is -2.41. The minimum Gasteiger partial charge on any atom is -0.314 e. The first-order valence-corrected chi connectivity index (χ1v) is 16.2. The van der Waals surface area contributed by atoms with Crippen molar-refractivity contribution in [2.45, 2.75) is 86.5 Å². The fraction of sp³-hybridized carbons (Fsp3) is 1.00. The van der Waals surface area contributed by atoms with Crippen LogP contribution in [-0.4, -0.2) is 111 Å². The predicted molar refractivity (Wildman–Crippen MR) is 159 cm³/mol. The van der Waals surface area contributed by atoms with E-state index in [1.165, 1.54) is 137 Å². The van der Waals surface area contributed by atoms with Crippen molar-refractivity contribution >= 4 is 0 Å². The number of hydrogen-bond donors (Lipinski definition) is 1. The average molecular weight is 508 g/mol. The Balaban J connectivity index is 0.000000694. The third kappa shape index (κ3) is 12.1. The summed E-state index contributed by atoms with van der Waals surface area (Å²) >= 11 is 0. The van der Waals surface area contributed by atoms with Crippen molar-refractivity contribution in [1.29, 1.82) is 0 Å². The fourth-order valence-electron chi connectivity index (χ4n) is 6.68. The lowest BCUT2D eigenvalue weighted by Crippen LogP contribution is -2.48. The van der Waals surface area contributed by atoms with Gasteiger partial charge in [-0.25, -0.2) is 0 Å². The topological polar surface area (TPSA) is 25.0 Å². The number of piperazine rings is 1. The zero-order valence-corrected chi connectivity index (χ0v) is 25.4. The first kappa shape index (κ1) is 32.0. The molecule has 5 nitrogen and oxygen atoms in total. The van der Waals surface area contributed by atoms with Gasteiger partial charge in [-0.05, 0) is 88.5 Å². The summed E-state index contributed by atoms with van der Waals surface area (Å²) in [7, 11) is 0. The van der Waals surface area contributed by atoms with Crippen LogP contribution in [0.1, 0.15) is 86.5 Å². The van der Waals surface area contributed by atoms with Crippen LogP contribution in [0.3, 0.4) is 0 Å². The highest BCUT2D eigenvalue weighted by atomic mass is 15.2. The van der Waals surface area contributed by atoms with Crippen molar-refractivity contribution in [3.05, 3.63) is 0 Å². The zero-order valence-electron chi connectivity index (χ0n) is 25.4. The Morgan fingerprint density at radius 1 is 0.583 bits per heavy atom. The molecule has 4 rings (SSSR count). The standard InChI is InChI=1S/C25H49N5.C4H10.C2H6/c1-3-27-17-22(2)16-25(20-27)21-29-12-6-23(7-13-29)18-28-10-4-24(5-11-28)19-30-14-8-26-9-15-30;1-3-4-2;1-2/h22-26H,3-21H2,1-2H3;3-4H2,1-2H3;1-2H3/t22-,25-;;/m0../s1. The van der Waals surface area contributed by atoms with Crippen LogP contribution in [-0.2, 0) is 0 Å². The maximum atomic E-state index is 3.48. The summed E-state index contributed by atoms with van der Waals surface area (Å²) < 4.78 is 0. The summed E-state index contributed by atoms with van der Waals surface area (Å²) in [6.07, 6.45) is 9.80. The second-order valence-corrected chi connectivity index (χ2v) is 12.1. The van der Waals surface area contributed by atoms with Gasteiger partial charge in [-0.3, -0.25) is 0 Å². The largest absolute Gasteiger partial charge is 0.314 e. The molecule has 0 amide bonds. The molecular weight excluding hydrogens is 442 g/mol. The number of rotatable bonds is 8. The minimum atomic E-state index is 0.885. The van der Waals surface area contributed by atoms with Crippen LogP contribution in [0, 0.1) is 23.7 Å². The van der Waals surface area contributed by atoms with E-state index < -0.39 is 0 Å². The maximum absolute atomic E-state index is 3.48. The van der Waals surface area contributed by atoms with Crippen molar-refractivity contribution in [3.63, 3.8) is 0 Å². The summed E-state index contributed by atoms with van der Waals surface area (Å²) in [5, 5.41) is 3.48. The molecule has 1 N–H and O–H groups in total. The molecule has 0 aromatic heterocycles. The highest BCUT2D eigenvalue weighted by molar-refractivity contribution is 4.83. The number of piperidine rings is 3. The molecule has 4 fully saturated rings. The molecule has 0 bridgehead atoms. The van der Waals surface area contributed by atoms with Gasteiger partial charge in [0.25, 0.3) is 0 Å². The van der Waals surface area contributed by atoms with Crippen LogP contribution in [0.25, 0.3) is 0 Å². The number of nitrogens with one attached hydrogen (secondary N) is 1. The Hall–Kier alpha value is -0.200. The van der Waals surface area contributed by atoms with Crippen molar-refractivity contribution in [2.24, 2.45) is 23.7 Å². The molecule has 0 saturated carbocycles. The average Bonchev–Trinajstić information content (AvgIpc) is 2.92. The number of likely N-dealkylation sites (tertiary alicyclic amines) is 3. The Morgan fingerprint density at radius 2 is 1.03 bits per heavy atom. The number of hydrogen-bond acceptors (Lipinski definition) is 5. The molecule has 0 aromatic carbocycles. The molecule has 4 aliphatic rings. The lowest BCUT2D eigenvalue weighted by molar-refractivity contribution is 0.0754. The van der Waals surface area contributed by atoms with Crippen molar-refractivity contribution in [3.8, 4) is 0 Å². The summed E-state index contributed by atoms with van der Waals surface area (Å²) in [6, 6.07) is 0. The van der Waals surface area contributed by atoms with Gasteiger partial charge in [0, 0.05) is 58.9 Å². The van der Waals surface area contributed by atoms with Crippen LogP contribution in [0.15, 0.2) is 0 Å². The number of unbranched alkanes of at least 4 members (excludes halogenated alkanes) is 1. The van der Waals surface area contributed by atoms with E-state index in [-0.39, 0.29) is 0 Å². The van der Waals surface area contributed by atoms with E-state index in [2.05, 4.69) is 52.6 Å². The quantitative estimate of drug-likeness (QED) is 0.491. The minimum absolute atomic E-state index is 0.885. The van der Waals surface area contributed by atoms with Gasteiger partial charge in [0.2, 0.25) is 0 Å². The SMILES string of the molecule is CC.CCCC.CCN1C[C@@H](C)C[C@H](CN2CCC(CN3CCC(CN4CCNCC4)CC3)CC2)C1. The smallest absolute Gasteiger partial charge is 0.0107 e. The molecule has 36 heavy (non-hydrogen) atoms. The Labute approximate surface area is 226 Å². The molecule has 4 aliphatic heterocycles. The molecular formula is C31H65N5. The van der Waals surface area contributed by atoms with Crippen LogP contribution in [0.2, 0.25) is 0 Å². The van der Waals surface area contributed by atoms with E-state index >= 15 is 0 Å². The van der Waals surface area contributed by atoms with Gasteiger partial charge < -0.3 is 24.9 Å². The zero-order chi connectivity index (χ0) is 26.2. The second-order valence-electron chi connectivity index (χ2n) is 12.1. The van der Waals surface area contributed by atoms with Gasteiger partial charge in [0.15, 0.2) is 0 Å². The molecule has 0 aliphatic carbocycles. The molecule has 4 saturated heterocycles. The van der Waals surface area contributed by atoms with E-state index in [1.54, 1.807) is 0 Å². The summed E-state index contributed by atoms with van der Waals surface area (Å²) in [4.78, 5) is 11.0. The normalized spacial score (nSPS) is 28.2. The van der Waals surface area contributed by atoms with Crippen molar-refractivity contribution < 1.29 is 0 Å². The third-order valence-corrected chi connectivity index (χ3v) is 8.94. The van der Waals surface area contributed by atoms with Crippen LogP contribution < -0.4 is 5.32 Å². The van der Waals surface area contributed by atoms with Crippen LogP contribution in [0.5, 0.6) is 0 Å². The first-order valence-electron chi connectivity index (χ1n) is 16.2. The molecule has 214 valence electrons. The van der Waals surface area contributed by atoms with Gasteiger partial charge >= 0.3 is 0 Å². The maximum Gasteiger partial charge on any atom is 0.0107 e. The molecule has 4 heterocycles. The lowest BCUT2D eigenvalue weighted by atomic mass is 9.88. The molecule has 0 spiro atoms. The van der Waals surface area contributed by atoms with Crippen molar-refractivity contribution in [1.82, 2.24) is 24.9 Å². The van der Waals surface area contributed by atoms with Gasteiger partial charge in [-0.1, -0.05) is 54.4 Å². The van der Waals surface area contributed by atoms with E-state index in [1.807, 2.05) is 13.8 Å². The molecule has 0 aromatic rings. The van der Waals surface area contributed by atoms with Crippen molar-refractivity contribution in [2.75, 3.05) is 91.6 Å². The molecule has 0 unspecified atom stereocenters. The van der Waals surface area contributed by atoms with E-state index in [0.717, 1.165) is 23.7 Å². The Kier molecular flexibility index (Phi) is 16.9. The van der Waals surface area contributed by atoms with E-state index in [4.69, 9.17) is 0 Å². The first-order chi connectivity index (χ1) is 17.6. The predicted octanol–water partition coefficient (Wildman–Crippen LogP) is 5.13. The van der Waals surface area contributed by atoms with Gasteiger partial charge in [-0.2, -0.15) is 0 Å².